The Bertz CT molecular complexity index is 950. The molecule has 0 fully saturated rings. The second-order valence-corrected chi connectivity index (χ2v) is 7.09. The normalized spacial score (nSPS) is 10.4. The SMILES string of the molecule is Cc1cccc(CNC(=O)c2ccc(C(=O)NCCCc3ccccc3)cc2)c1. The second kappa shape index (κ2) is 10.2. The molecule has 0 unspecified atom stereocenters. The molecule has 29 heavy (non-hydrogen) atoms. The van der Waals surface area contributed by atoms with Crippen molar-refractivity contribution in [3.8, 4) is 0 Å². The van der Waals surface area contributed by atoms with E-state index >= 15 is 0 Å². The molecule has 0 aliphatic carbocycles. The maximum Gasteiger partial charge on any atom is 0.251 e. The first-order valence-electron chi connectivity index (χ1n) is 9.88. The van der Waals surface area contributed by atoms with E-state index in [1.807, 2.05) is 49.4 Å². The number of amides is 2. The first-order valence-corrected chi connectivity index (χ1v) is 9.88. The van der Waals surface area contributed by atoms with Crippen LogP contribution >= 0.6 is 0 Å². The molecule has 0 bridgehead atoms. The Hall–Kier alpha value is -3.40. The number of nitrogens with one attached hydrogen (secondary N) is 2. The van der Waals surface area contributed by atoms with Gasteiger partial charge in [0, 0.05) is 24.2 Å². The Morgan fingerprint density at radius 2 is 1.34 bits per heavy atom. The zero-order valence-corrected chi connectivity index (χ0v) is 16.7. The lowest BCUT2D eigenvalue weighted by Crippen LogP contribution is -2.25. The molecule has 0 aliphatic heterocycles. The molecular weight excluding hydrogens is 360 g/mol. The molecule has 0 radical (unpaired) electrons. The van der Waals surface area contributed by atoms with Crippen LogP contribution in [0.5, 0.6) is 0 Å². The van der Waals surface area contributed by atoms with Crippen LogP contribution in [0.3, 0.4) is 0 Å². The van der Waals surface area contributed by atoms with Crippen LogP contribution in [0.15, 0.2) is 78.9 Å². The lowest BCUT2D eigenvalue weighted by Gasteiger charge is -2.08. The molecule has 0 spiro atoms. The molecule has 3 aromatic carbocycles. The Kier molecular flexibility index (Phi) is 7.17. The van der Waals surface area contributed by atoms with Crippen LogP contribution < -0.4 is 10.6 Å². The van der Waals surface area contributed by atoms with Crippen molar-refractivity contribution in [2.45, 2.75) is 26.3 Å². The Balaban J connectivity index is 1.44. The van der Waals surface area contributed by atoms with Crippen molar-refractivity contribution in [2.75, 3.05) is 6.54 Å². The van der Waals surface area contributed by atoms with Crippen molar-refractivity contribution in [3.63, 3.8) is 0 Å². The Labute approximate surface area is 172 Å². The summed E-state index contributed by atoms with van der Waals surface area (Å²) in [6.07, 6.45) is 1.82. The molecule has 2 amide bonds. The van der Waals surface area contributed by atoms with E-state index in [1.165, 1.54) is 5.56 Å². The maximum atomic E-state index is 12.3. The van der Waals surface area contributed by atoms with Gasteiger partial charge in [-0.3, -0.25) is 9.59 Å². The van der Waals surface area contributed by atoms with Crippen LogP contribution in [-0.2, 0) is 13.0 Å². The summed E-state index contributed by atoms with van der Waals surface area (Å²) in [5, 5.41) is 5.84. The number of rotatable bonds is 8. The van der Waals surface area contributed by atoms with E-state index in [0.29, 0.717) is 24.2 Å². The number of aryl methyl sites for hydroxylation is 2. The maximum absolute atomic E-state index is 12.3. The second-order valence-electron chi connectivity index (χ2n) is 7.09. The first kappa shape index (κ1) is 20.3. The van der Waals surface area contributed by atoms with Crippen molar-refractivity contribution in [3.05, 3.63) is 107 Å². The van der Waals surface area contributed by atoms with E-state index in [1.54, 1.807) is 24.3 Å². The van der Waals surface area contributed by atoms with Gasteiger partial charge in [0.1, 0.15) is 0 Å². The van der Waals surface area contributed by atoms with Crippen molar-refractivity contribution in [1.82, 2.24) is 10.6 Å². The number of hydrogen-bond donors (Lipinski definition) is 2. The van der Waals surface area contributed by atoms with Crippen LogP contribution in [0, 0.1) is 6.92 Å². The summed E-state index contributed by atoms with van der Waals surface area (Å²) in [6.45, 7) is 3.12. The summed E-state index contributed by atoms with van der Waals surface area (Å²) in [4.78, 5) is 24.6. The predicted molar refractivity (Wildman–Crippen MR) is 116 cm³/mol. The van der Waals surface area contributed by atoms with Gasteiger partial charge in [-0.15, -0.1) is 0 Å². The van der Waals surface area contributed by atoms with E-state index in [4.69, 9.17) is 0 Å². The summed E-state index contributed by atoms with van der Waals surface area (Å²) in [6, 6.07) is 25.0. The molecule has 0 saturated carbocycles. The van der Waals surface area contributed by atoms with Crippen LogP contribution in [0.2, 0.25) is 0 Å². The third kappa shape index (κ3) is 6.32. The van der Waals surface area contributed by atoms with Gasteiger partial charge in [-0.2, -0.15) is 0 Å². The highest BCUT2D eigenvalue weighted by Crippen LogP contribution is 2.07. The molecule has 0 heterocycles. The van der Waals surface area contributed by atoms with E-state index < -0.39 is 0 Å². The van der Waals surface area contributed by atoms with Crippen LogP contribution in [0.4, 0.5) is 0 Å². The average Bonchev–Trinajstić information content (AvgIpc) is 2.76. The van der Waals surface area contributed by atoms with Crippen LogP contribution in [0.25, 0.3) is 0 Å². The molecule has 4 heteroatoms. The largest absolute Gasteiger partial charge is 0.352 e. The van der Waals surface area contributed by atoms with Gasteiger partial charge in [-0.25, -0.2) is 0 Å². The predicted octanol–water partition coefficient (Wildman–Crippen LogP) is 4.29. The van der Waals surface area contributed by atoms with Crippen molar-refractivity contribution < 1.29 is 9.59 Å². The van der Waals surface area contributed by atoms with Gasteiger partial charge < -0.3 is 10.6 Å². The molecule has 0 aliphatic rings. The zero-order chi connectivity index (χ0) is 20.5. The fraction of sp³-hybridized carbons (Fsp3) is 0.200. The summed E-state index contributed by atoms with van der Waals surface area (Å²) in [5.41, 5.74) is 4.58. The minimum Gasteiger partial charge on any atom is -0.352 e. The fourth-order valence-corrected chi connectivity index (χ4v) is 3.12. The van der Waals surface area contributed by atoms with Gasteiger partial charge >= 0.3 is 0 Å². The molecule has 0 atom stereocenters. The standard InChI is InChI=1S/C25H26N2O2/c1-19-7-5-10-21(17-19)18-27-25(29)23-14-12-22(13-15-23)24(28)26-16-6-11-20-8-3-2-4-9-20/h2-5,7-10,12-15,17H,6,11,16,18H2,1H3,(H,26,28)(H,27,29). The van der Waals surface area contributed by atoms with E-state index in [-0.39, 0.29) is 11.8 Å². The highest BCUT2D eigenvalue weighted by Gasteiger charge is 2.09. The number of hydrogen-bond acceptors (Lipinski definition) is 2. The van der Waals surface area contributed by atoms with E-state index in [2.05, 4.69) is 22.8 Å². The van der Waals surface area contributed by atoms with Crippen LogP contribution in [-0.4, -0.2) is 18.4 Å². The zero-order valence-electron chi connectivity index (χ0n) is 16.7. The van der Waals surface area contributed by atoms with Gasteiger partial charge in [0.05, 0.1) is 0 Å². The van der Waals surface area contributed by atoms with Crippen molar-refractivity contribution in [1.29, 1.82) is 0 Å². The topological polar surface area (TPSA) is 58.2 Å². The smallest absolute Gasteiger partial charge is 0.251 e. The molecule has 0 aromatic heterocycles. The molecule has 3 rings (SSSR count). The molecule has 0 saturated heterocycles. The fourth-order valence-electron chi connectivity index (χ4n) is 3.12. The summed E-state index contributed by atoms with van der Waals surface area (Å²) >= 11 is 0. The lowest BCUT2D eigenvalue weighted by atomic mass is 10.1. The summed E-state index contributed by atoms with van der Waals surface area (Å²) in [7, 11) is 0. The quantitative estimate of drug-likeness (QED) is 0.568. The highest BCUT2D eigenvalue weighted by molar-refractivity contribution is 5.97. The molecule has 2 N–H and O–H groups in total. The monoisotopic (exact) mass is 386 g/mol. The molecule has 3 aromatic rings. The van der Waals surface area contributed by atoms with Gasteiger partial charge in [-0.1, -0.05) is 60.2 Å². The minimum absolute atomic E-state index is 0.121. The van der Waals surface area contributed by atoms with E-state index in [9.17, 15) is 9.59 Å². The number of benzene rings is 3. The van der Waals surface area contributed by atoms with Gasteiger partial charge in [0.15, 0.2) is 0 Å². The lowest BCUT2D eigenvalue weighted by molar-refractivity contribution is 0.0940. The Morgan fingerprint density at radius 3 is 2.00 bits per heavy atom. The van der Waals surface area contributed by atoms with Gasteiger partial charge in [0.2, 0.25) is 0 Å². The average molecular weight is 386 g/mol. The number of carbonyl (C=O) groups is 2. The van der Waals surface area contributed by atoms with Crippen molar-refractivity contribution in [2.24, 2.45) is 0 Å². The first-order chi connectivity index (χ1) is 14.1. The number of carbonyl (C=O) groups excluding carboxylic acids is 2. The minimum atomic E-state index is -0.152. The molecular formula is C25H26N2O2. The molecule has 148 valence electrons. The van der Waals surface area contributed by atoms with Gasteiger partial charge in [0.25, 0.3) is 11.8 Å². The summed E-state index contributed by atoms with van der Waals surface area (Å²) < 4.78 is 0. The third-order valence-corrected chi connectivity index (χ3v) is 4.72. The highest BCUT2D eigenvalue weighted by atomic mass is 16.2. The van der Waals surface area contributed by atoms with Crippen LogP contribution in [0.1, 0.15) is 43.8 Å². The van der Waals surface area contributed by atoms with E-state index in [0.717, 1.165) is 24.0 Å². The molecule has 4 nitrogen and oxygen atoms in total. The third-order valence-electron chi connectivity index (χ3n) is 4.72. The van der Waals surface area contributed by atoms with Gasteiger partial charge in [-0.05, 0) is 55.2 Å². The van der Waals surface area contributed by atoms with Crippen molar-refractivity contribution >= 4 is 11.8 Å². The Morgan fingerprint density at radius 1 is 0.724 bits per heavy atom. The summed E-state index contributed by atoms with van der Waals surface area (Å²) in [5.74, 6) is -0.272.